The Morgan fingerprint density at radius 3 is 3.00 bits per heavy atom. The molecule has 1 atom stereocenters. The number of rotatable bonds is 1. The number of aryl methyl sites for hydroxylation is 1. The number of ether oxygens (including phenoxy) is 2. The number of hydrogen-bond donors (Lipinski definition) is 0. The minimum absolute atomic E-state index is 0.138. The van der Waals surface area contributed by atoms with Crippen LogP contribution in [0.15, 0.2) is 22.4 Å². The summed E-state index contributed by atoms with van der Waals surface area (Å²) >= 11 is 0. The summed E-state index contributed by atoms with van der Waals surface area (Å²) in [7, 11) is 1.26. The molecule has 2 rings (SSSR count). The number of carbonyl (C=O) groups is 1. The molecule has 1 heterocycles. The third kappa shape index (κ3) is 2.43. The third-order valence-electron chi connectivity index (χ3n) is 2.53. The molecular weight excluding hydrogens is 220 g/mol. The first-order chi connectivity index (χ1) is 8.10. The molecular formula is C12H14N2O3. The lowest BCUT2D eigenvalue weighted by Gasteiger charge is -2.05. The van der Waals surface area contributed by atoms with Crippen molar-refractivity contribution in [2.75, 3.05) is 7.11 Å². The van der Waals surface area contributed by atoms with Gasteiger partial charge >= 0.3 is 6.09 Å². The lowest BCUT2D eigenvalue weighted by atomic mass is 10.1. The van der Waals surface area contributed by atoms with E-state index in [-0.39, 0.29) is 6.10 Å². The van der Waals surface area contributed by atoms with E-state index in [0.717, 1.165) is 23.3 Å². The Bertz CT molecular complexity index is 483. The molecule has 5 heteroatoms. The van der Waals surface area contributed by atoms with Crippen LogP contribution in [-0.4, -0.2) is 19.3 Å². The molecule has 1 aliphatic heterocycles. The van der Waals surface area contributed by atoms with Gasteiger partial charge < -0.3 is 9.47 Å². The van der Waals surface area contributed by atoms with E-state index < -0.39 is 6.09 Å². The van der Waals surface area contributed by atoms with E-state index in [2.05, 4.69) is 21.0 Å². The third-order valence-corrected chi connectivity index (χ3v) is 2.53. The summed E-state index contributed by atoms with van der Waals surface area (Å²) in [4.78, 5) is 10.9. The van der Waals surface area contributed by atoms with Crippen LogP contribution in [0.3, 0.4) is 0 Å². The Morgan fingerprint density at radius 1 is 1.53 bits per heavy atom. The highest BCUT2D eigenvalue weighted by Gasteiger charge is 2.22. The maximum Gasteiger partial charge on any atom is 0.452 e. The maximum atomic E-state index is 10.9. The van der Waals surface area contributed by atoms with Crippen LogP contribution >= 0.6 is 0 Å². The van der Waals surface area contributed by atoms with Gasteiger partial charge in [0.2, 0.25) is 0 Å². The number of nitrogens with zero attached hydrogens (tertiary/aromatic N) is 2. The molecule has 0 aliphatic carbocycles. The molecule has 0 N–H and O–H groups in total. The van der Waals surface area contributed by atoms with Crippen molar-refractivity contribution in [3.8, 4) is 5.75 Å². The van der Waals surface area contributed by atoms with Crippen LogP contribution < -0.4 is 4.74 Å². The van der Waals surface area contributed by atoms with Crippen molar-refractivity contribution < 1.29 is 14.3 Å². The van der Waals surface area contributed by atoms with Crippen LogP contribution in [-0.2, 0) is 11.2 Å². The molecule has 1 unspecified atom stereocenters. The molecule has 0 spiro atoms. The van der Waals surface area contributed by atoms with Gasteiger partial charge in [-0.25, -0.2) is 4.79 Å². The van der Waals surface area contributed by atoms with E-state index >= 15 is 0 Å². The summed E-state index contributed by atoms with van der Waals surface area (Å²) in [5.74, 6) is 0.718. The van der Waals surface area contributed by atoms with Gasteiger partial charge in [-0.2, -0.15) is 0 Å². The summed E-state index contributed by atoms with van der Waals surface area (Å²) in [6.07, 6.45) is 0.280. The molecule has 0 saturated heterocycles. The average molecular weight is 234 g/mol. The number of methoxy groups -OCH3 is 1. The van der Waals surface area contributed by atoms with Gasteiger partial charge in [-0.3, -0.25) is 0 Å². The number of carbonyl (C=O) groups excluding carboxylic acids is 1. The van der Waals surface area contributed by atoms with Crippen LogP contribution in [0.5, 0.6) is 5.75 Å². The van der Waals surface area contributed by atoms with E-state index in [1.807, 2.05) is 19.9 Å². The van der Waals surface area contributed by atoms with Crippen LogP contribution in [0, 0.1) is 6.92 Å². The molecule has 90 valence electrons. The molecule has 0 saturated carbocycles. The standard InChI is InChI=1S/C12H14N2O3/c1-7-4-9-6-8(2)17-11(9)10(5-7)13-14-12(15)16-3/h4-5,8H,6H2,1-3H3. The zero-order valence-corrected chi connectivity index (χ0v) is 10.1. The van der Waals surface area contributed by atoms with Gasteiger partial charge in [0, 0.05) is 12.0 Å². The summed E-state index contributed by atoms with van der Waals surface area (Å²) < 4.78 is 10.1. The van der Waals surface area contributed by atoms with Crippen molar-refractivity contribution >= 4 is 11.8 Å². The SMILES string of the molecule is COC(=O)N=Nc1cc(C)cc2c1OC(C)C2. The van der Waals surface area contributed by atoms with Gasteiger partial charge in [-0.15, -0.1) is 5.11 Å². The number of fused-ring (bicyclic) bond motifs is 1. The number of azo groups is 1. The first-order valence-electron chi connectivity index (χ1n) is 5.40. The summed E-state index contributed by atoms with van der Waals surface area (Å²) in [5.41, 5.74) is 2.76. The predicted molar refractivity (Wildman–Crippen MR) is 61.9 cm³/mol. The Kier molecular flexibility index (Phi) is 3.08. The first kappa shape index (κ1) is 11.6. The van der Waals surface area contributed by atoms with E-state index in [1.165, 1.54) is 7.11 Å². The van der Waals surface area contributed by atoms with Gasteiger partial charge in [0.05, 0.1) is 7.11 Å². The average Bonchev–Trinajstić information content (AvgIpc) is 2.65. The number of benzene rings is 1. The summed E-state index contributed by atoms with van der Waals surface area (Å²) in [5, 5.41) is 7.31. The normalized spacial score (nSPS) is 17.9. The molecule has 1 amide bonds. The van der Waals surface area contributed by atoms with Gasteiger partial charge in [0.1, 0.15) is 11.8 Å². The molecule has 0 bridgehead atoms. The Morgan fingerprint density at radius 2 is 2.29 bits per heavy atom. The molecule has 0 radical (unpaired) electrons. The Hall–Kier alpha value is -1.91. The van der Waals surface area contributed by atoms with Crippen molar-refractivity contribution in [1.29, 1.82) is 0 Å². The van der Waals surface area contributed by atoms with Crippen molar-refractivity contribution in [3.05, 3.63) is 23.3 Å². The molecule has 1 aliphatic rings. The lowest BCUT2D eigenvalue weighted by Crippen LogP contribution is -2.05. The van der Waals surface area contributed by atoms with Crippen molar-refractivity contribution in [1.82, 2.24) is 0 Å². The molecule has 17 heavy (non-hydrogen) atoms. The minimum atomic E-state index is -0.716. The minimum Gasteiger partial charge on any atom is -0.488 e. The highest BCUT2D eigenvalue weighted by molar-refractivity contribution is 5.68. The highest BCUT2D eigenvalue weighted by atomic mass is 16.5. The van der Waals surface area contributed by atoms with Crippen molar-refractivity contribution in [2.45, 2.75) is 26.4 Å². The summed E-state index contributed by atoms with van der Waals surface area (Å²) in [6.45, 7) is 3.97. The fraction of sp³-hybridized carbons (Fsp3) is 0.417. The fourth-order valence-corrected chi connectivity index (χ4v) is 1.88. The monoisotopic (exact) mass is 234 g/mol. The molecule has 1 aromatic rings. The number of hydrogen-bond acceptors (Lipinski definition) is 4. The molecule has 5 nitrogen and oxygen atoms in total. The Labute approximate surface area is 99.5 Å². The van der Waals surface area contributed by atoms with Gasteiger partial charge in [-0.05, 0) is 25.5 Å². The molecule has 1 aromatic carbocycles. The zero-order valence-electron chi connectivity index (χ0n) is 10.1. The van der Waals surface area contributed by atoms with Crippen LogP contribution in [0.2, 0.25) is 0 Å². The Balaban J connectivity index is 2.35. The zero-order chi connectivity index (χ0) is 12.4. The van der Waals surface area contributed by atoms with Crippen molar-refractivity contribution in [3.63, 3.8) is 0 Å². The highest BCUT2D eigenvalue weighted by Crippen LogP contribution is 2.39. The first-order valence-corrected chi connectivity index (χ1v) is 5.40. The van der Waals surface area contributed by atoms with E-state index in [9.17, 15) is 4.79 Å². The van der Waals surface area contributed by atoms with E-state index in [0.29, 0.717) is 5.69 Å². The fourth-order valence-electron chi connectivity index (χ4n) is 1.88. The largest absolute Gasteiger partial charge is 0.488 e. The predicted octanol–water partition coefficient (Wildman–Crippen LogP) is 3.17. The smallest absolute Gasteiger partial charge is 0.452 e. The van der Waals surface area contributed by atoms with Gasteiger partial charge in [0.15, 0.2) is 5.75 Å². The van der Waals surface area contributed by atoms with Gasteiger partial charge in [-0.1, -0.05) is 11.2 Å². The second-order valence-corrected chi connectivity index (χ2v) is 4.07. The second kappa shape index (κ2) is 4.53. The van der Waals surface area contributed by atoms with E-state index in [4.69, 9.17) is 4.74 Å². The molecule has 0 fully saturated rings. The second-order valence-electron chi connectivity index (χ2n) is 4.07. The molecule has 0 aromatic heterocycles. The maximum absolute atomic E-state index is 10.9. The van der Waals surface area contributed by atoms with E-state index in [1.54, 1.807) is 0 Å². The number of amides is 1. The van der Waals surface area contributed by atoms with Crippen molar-refractivity contribution in [2.24, 2.45) is 10.2 Å². The van der Waals surface area contributed by atoms with Crippen LogP contribution in [0.4, 0.5) is 10.5 Å². The topological polar surface area (TPSA) is 60.2 Å². The van der Waals surface area contributed by atoms with Crippen LogP contribution in [0.1, 0.15) is 18.1 Å². The summed E-state index contributed by atoms with van der Waals surface area (Å²) in [6, 6.07) is 3.90. The lowest BCUT2D eigenvalue weighted by molar-refractivity contribution is 0.180. The van der Waals surface area contributed by atoms with Gasteiger partial charge in [0.25, 0.3) is 0 Å². The van der Waals surface area contributed by atoms with Crippen LogP contribution in [0.25, 0.3) is 0 Å². The quantitative estimate of drug-likeness (QED) is 0.701.